The molecular weight excluding hydrogens is 332 g/mol. The van der Waals surface area contributed by atoms with E-state index in [1.807, 2.05) is 13.8 Å². The van der Waals surface area contributed by atoms with Crippen LogP contribution in [-0.2, 0) is 9.59 Å². The highest BCUT2D eigenvalue weighted by Crippen LogP contribution is 2.11. The van der Waals surface area contributed by atoms with Crippen LogP contribution in [0.5, 0.6) is 0 Å². The summed E-state index contributed by atoms with van der Waals surface area (Å²) < 4.78 is 0. The van der Waals surface area contributed by atoms with E-state index in [9.17, 15) is 14.4 Å². The third-order valence-electron chi connectivity index (χ3n) is 3.30. The number of aliphatic carboxylic acids is 1. The number of hydrogen-bond acceptors (Lipinski definition) is 3. The summed E-state index contributed by atoms with van der Waals surface area (Å²) in [6.07, 6.45) is 0.830. The number of carboxylic acid groups (broad SMARTS) is 1. The van der Waals surface area contributed by atoms with Crippen molar-refractivity contribution < 1.29 is 19.5 Å². The predicted octanol–water partition coefficient (Wildman–Crippen LogP) is 2.47. The van der Waals surface area contributed by atoms with Gasteiger partial charge in [0.15, 0.2) is 0 Å². The van der Waals surface area contributed by atoms with E-state index in [1.165, 1.54) is 0 Å². The van der Waals surface area contributed by atoms with Crippen LogP contribution < -0.4 is 10.6 Å². The number of amides is 2. The molecule has 1 rings (SSSR count). The molecule has 6 nitrogen and oxygen atoms in total. The number of carbonyl (C=O) groups excluding carboxylic acids is 2. The van der Waals surface area contributed by atoms with Crippen LogP contribution in [-0.4, -0.2) is 35.5 Å². The van der Waals surface area contributed by atoms with E-state index < -0.39 is 12.0 Å². The molecule has 0 saturated heterocycles. The first-order valence-corrected chi connectivity index (χ1v) is 8.23. The zero-order chi connectivity index (χ0) is 18.1. The van der Waals surface area contributed by atoms with E-state index in [0.29, 0.717) is 23.4 Å². The Hall–Kier alpha value is -2.08. The van der Waals surface area contributed by atoms with E-state index in [1.54, 1.807) is 24.3 Å². The average molecular weight is 355 g/mol. The third-order valence-corrected chi connectivity index (χ3v) is 3.55. The van der Waals surface area contributed by atoms with Crippen LogP contribution in [0.1, 0.15) is 43.5 Å². The van der Waals surface area contributed by atoms with Gasteiger partial charge in [-0.3, -0.25) is 14.4 Å². The van der Waals surface area contributed by atoms with Crippen LogP contribution in [0.25, 0.3) is 0 Å². The fraction of sp³-hybridized carbons (Fsp3) is 0.471. The lowest BCUT2D eigenvalue weighted by Gasteiger charge is -2.20. The van der Waals surface area contributed by atoms with Crippen molar-refractivity contribution in [3.8, 4) is 0 Å². The number of nitrogens with one attached hydrogen (secondary N) is 2. The summed E-state index contributed by atoms with van der Waals surface area (Å²) in [5.74, 6) is -1.35. The van der Waals surface area contributed by atoms with Crippen LogP contribution in [0.2, 0.25) is 5.02 Å². The molecule has 132 valence electrons. The van der Waals surface area contributed by atoms with Gasteiger partial charge in [-0.25, -0.2) is 0 Å². The molecule has 1 aromatic carbocycles. The SMILES string of the molecule is CC(C)CC(NC(=O)c1ccc(Cl)cc1)C(=O)NCCCC(=O)O. The number of rotatable bonds is 9. The molecule has 3 N–H and O–H groups in total. The number of hydrogen-bond donors (Lipinski definition) is 3. The second kappa shape index (κ2) is 9.93. The van der Waals surface area contributed by atoms with Gasteiger partial charge in [0.05, 0.1) is 0 Å². The molecule has 0 aliphatic carbocycles. The van der Waals surface area contributed by atoms with Gasteiger partial charge in [-0.05, 0) is 43.0 Å². The fourth-order valence-electron chi connectivity index (χ4n) is 2.12. The smallest absolute Gasteiger partial charge is 0.303 e. The Morgan fingerprint density at radius 3 is 2.33 bits per heavy atom. The molecule has 0 aliphatic rings. The number of halogens is 1. The van der Waals surface area contributed by atoms with Crippen molar-refractivity contribution in [3.63, 3.8) is 0 Å². The minimum Gasteiger partial charge on any atom is -0.481 e. The second-order valence-corrected chi connectivity index (χ2v) is 6.39. The minimum absolute atomic E-state index is 0.00768. The highest BCUT2D eigenvalue weighted by Gasteiger charge is 2.22. The van der Waals surface area contributed by atoms with Crippen molar-refractivity contribution in [3.05, 3.63) is 34.9 Å². The molecule has 7 heteroatoms. The third kappa shape index (κ3) is 7.46. The summed E-state index contributed by atoms with van der Waals surface area (Å²) in [7, 11) is 0. The second-order valence-electron chi connectivity index (χ2n) is 5.95. The van der Waals surface area contributed by atoms with E-state index in [-0.39, 0.29) is 30.7 Å². The normalized spacial score (nSPS) is 11.8. The Morgan fingerprint density at radius 2 is 1.79 bits per heavy atom. The number of carboxylic acids is 1. The topological polar surface area (TPSA) is 95.5 Å². The molecule has 0 radical (unpaired) electrons. The van der Waals surface area contributed by atoms with E-state index >= 15 is 0 Å². The molecule has 0 aliphatic heterocycles. The van der Waals surface area contributed by atoms with Gasteiger partial charge in [0.1, 0.15) is 6.04 Å². The summed E-state index contributed by atoms with van der Waals surface area (Å²) in [6, 6.07) is 5.74. The van der Waals surface area contributed by atoms with Crippen molar-refractivity contribution in [2.45, 2.75) is 39.2 Å². The molecule has 2 amide bonds. The Bertz CT molecular complexity index is 572. The Balaban J connectivity index is 2.63. The molecule has 0 aromatic heterocycles. The van der Waals surface area contributed by atoms with Gasteiger partial charge in [-0.1, -0.05) is 25.4 Å². The highest BCUT2D eigenvalue weighted by molar-refractivity contribution is 6.30. The maximum Gasteiger partial charge on any atom is 0.303 e. The fourth-order valence-corrected chi connectivity index (χ4v) is 2.25. The van der Waals surface area contributed by atoms with Crippen molar-refractivity contribution in [2.24, 2.45) is 5.92 Å². The Morgan fingerprint density at radius 1 is 1.17 bits per heavy atom. The van der Waals surface area contributed by atoms with Gasteiger partial charge >= 0.3 is 5.97 Å². The lowest BCUT2D eigenvalue weighted by molar-refractivity contribution is -0.137. The Labute approximate surface area is 146 Å². The van der Waals surface area contributed by atoms with Gasteiger partial charge in [0.2, 0.25) is 5.91 Å². The van der Waals surface area contributed by atoms with E-state index in [2.05, 4.69) is 10.6 Å². The quantitative estimate of drug-likeness (QED) is 0.593. The summed E-state index contributed by atoms with van der Waals surface area (Å²) in [5, 5.41) is 14.5. The first kappa shape index (κ1) is 20.0. The lowest BCUT2D eigenvalue weighted by Crippen LogP contribution is -2.47. The molecule has 0 spiro atoms. The zero-order valence-electron chi connectivity index (χ0n) is 13.8. The molecule has 24 heavy (non-hydrogen) atoms. The molecule has 1 atom stereocenters. The lowest BCUT2D eigenvalue weighted by atomic mass is 10.0. The monoisotopic (exact) mass is 354 g/mol. The van der Waals surface area contributed by atoms with Gasteiger partial charge < -0.3 is 15.7 Å². The molecule has 0 bridgehead atoms. The summed E-state index contributed by atoms with van der Waals surface area (Å²) in [4.78, 5) is 35.0. The first-order chi connectivity index (χ1) is 11.3. The van der Waals surface area contributed by atoms with Crippen LogP contribution in [0.3, 0.4) is 0 Å². The van der Waals surface area contributed by atoms with Gasteiger partial charge in [-0.15, -0.1) is 0 Å². The van der Waals surface area contributed by atoms with E-state index in [4.69, 9.17) is 16.7 Å². The largest absolute Gasteiger partial charge is 0.481 e. The number of carbonyl (C=O) groups is 3. The Kier molecular flexibility index (Phi) is 8.26. The molecule has 0 heterocycles. The van der Waals surface area contributed by atoms with Gasteiger partial charge in [0.25, 0.3) is 5.91 Å². The minimum atomic E-state index is -0.904. The van der Waals surface area contributed by atoms with Crippen molar-refractivity contribution in [1.82, 2.24) is 10.6 Å². The molecular formula is C17H23ClN2O4. The average Bonchev–Trinajstić information content (AvgIpc) is 2.50. The first-order valence-electron chi connectivity index (χ1n) is 7.85. The summed E-state index contributed by atoms with van der Waals surface area (Å²) >= 11 is 5.80. The standard InChI is InChI=1S/C17H23ClN2O4/c1-11(2)10-14(17(24)19-9-3-4-15(21)22)20-16(23)12-5-7-13(18)8-6-12/h5-8,11,14H,3-4,9-10H2,1-2H3,(H,19,24)(H,20,23)(H,21,22). The van der Waals surface area contributed by atoms with Gasteiger partial charge in [-0.2, -0.15) is 0 Å². The van der Waals surface area contributed by atoms with Crippen LogP contribution in [0.4, 0.5) is 0 Å². The van der Waals surface area contributed by atoms with Crippen LogP contribution in [0.15, 0.2) is 24.3 Å². The predicted molar refractivity (Wildman–Crippen MR) is 92.0 cm³/mol. The molecule has 0 fully saturated rings. The van der Waals surface area contributed by atoms with Gasteiger partial charge in [0, 0.05) is 23.6 Å². The van der Waals surface area contributed by atoms with Crippen LogP contribution >= 0.6 is 11.6 Å². The van der Waals surface area contributed by atoms with Crippen molar-refractivity contribution >= 4 is 29.4 Å². The molecule has 0 saturated carbocycles. The summed E-state index contributed by atoms with van der Waals surface area (Å²) in [5.41, 5.74) is 0.423. The highest BCUT2D eigenvalue weighted by atomic mass is 35.5. The molecule has 1 unspecified atom stereocenters. The van der Waals surface area contributed by atoms with Crippen molar-refractivity contribution in [2.75, 3.05) is 6.54 Å². The maximum absolute atomic E-state index is 12.3. The zero-order valence-corrected chi connectivity index (χ0v) is 14.6. The number of benzene rings is 1. The van der Waals surface area contributed by atoms with Crippen molar-refractivity contribution in [1.29, 1.82) is 0 Å². The van der Waals surface area contributed by atoms with Crippen LogP contribution in [0, 0.1) is 5.92 Å². The summed E-state index contributed by atoms with van der Waals surface area (Å²) in [6.45, 7) is 4.18. The van der Waals surface area contributed by atoms with E-state index in [0.717, 1.165) is 0 Å². The maximum atomic E-state index is 12.3. The molecule has 1 aromatic rings.